The van der Waals surface area contributed by atoms with Crippen LogP contribution >= 0.6 is 0 Å². The molecule has 4 aliphatic rings. The number of aliphatic hydroxyl groups excluding tert-OH is 1. The van der Waals surface area contributed by atoms with Gasteiger partial charge in [0, 0.05) is 6.42 Å². The fourth-order valence-corrected chi connectivity index (χ4v) is 5.90. The Morgan fingerprint density at radius 3 is 2.13 bits per heavy atom. The minimum atomic E-state index is -1.20. The van der Waals surface area contributed by atoms with Crippen molar-refractivity contribution in [1.29, 1.82) is 0 Å². The van der Waals surface area contributed by atoms with Gasteiger partial charge in [-0.15, -0.1) is 0 Å². The molecule has 3 amide bonds. The predicted octanol–water partition coefficient (Wildman–Crippen LogP) is -0.0507. The molecule has 0 radical (unpaired) electrons. The molecule has 1 aromatic rings. The Balaban J connectivity index is 1.17. The van der Waals surface area contributed by atoms with E-state index in [4.69, 9.17) is 37.9 Å². The average Bonchev–Trinajstić information content (AvgIpc) is 3.70. The molecule has 0 aromatic heterocycles. The number of hydrogen-bond acceptors (Lipinski definition) is 13. The second kappa shape index (κ2) is 13.8. The number of rotatable bonds is 11. The van der Waals surface area contributed by atoms with Crippen molar-refractivity contribution in [3.8, 4) is 0 Å². The molecule has 2 unspecified atom stereocenters. The van der Waals surface area contributed by atoms with Gasteiger partial charge in [-0.05, 0) is 39.7 Å². The van der Waals surface area contributed by atoms with E-state index in [1.165, 1.54) is 0 Å². The van der Waals surface area contributed by atoms with Crippen molar-refractivity contribution in [2.75, 3.05) is 13.7 Å². The molecule has 4 saturated heterocycles. The average molecular weight is 652 g/mol. The van der Waals surface area contributed by atoms with Gasteiger partial charge in [0.2, 0.25) is 5.91 Å². The number of carbonyl (C=O) groups is 4. The van der Waals surface area contributed by atoms with E-state index in [2.05, 4.69) is 16.0 Å². The highest BCUT2D eigenvalue weighted by molar-refractivity contribution is 5.84. The number of carbonyl (C=O) groups excluding carboxylic acids is 4. The lowest BCUT2D eigenvalue weighted by Gasteiger charge is -2.26. The summed E-state index contributed by atoms with van der Waals surface area (Å²) in [5.41, 5.74) is 0.758. The molecule has 254 valence electrons. The Hall–Kier alpha value is -3.38. The molecule has 0 aliphatic carbocycles. The van der Waals surface area contributed by atoms with E-state index in [9.17, 15) is 24.3 Å². The van der Waals surface area contributed by atoms with Crippen LogP contribution in [0.15, 0.2) is 30.3 Å². The minimum Gasteiger partial charge on any atom is -0.467 e. The highest BCUT2D eigenvalue weighted by Crippen LogP contribution is 2.40. The van der Waals surface area contributed by atoms with Gasteiger partial charge in [-0.3, -0.25) is 9.59 Å². The summed E-state index contributed by atoms with van der Waals surface area (Å²) in [5.74, 6) is -3.92. The Kier molecular flexibility index (Phi) is 10.2. The summed E-state index contributed by atoms with van der Waals surface area (Å²) >= 11 is 0. The van der Waals surface area contributed by atoms with Crippen LogP contribution in [-0.2, 0) is 58.9 Å². The van der Waals surface area contributed by atoms with Gasteiger partial charge in [-0.2, -0.15) is 0 Å². The minimum absolute atomic E-state index is 0.00922. The van der Waals surface area contributed by atoms with Crippen LogP contribution in [0.4, 0.5) is 4.79 Å². The summed E-state index contributed by atoms with van der Waals surface area (Å²) in [4.78, 5) is 51.2. The Morgan fingerprint density at radius 1 is 0.870 bits per heavy atom. The second-order valence-corrected chi connectivity index (χ2v) is 12.3. The van der Waals surface area contributed by atoms with Crippen LogP contribution in [0.5, 0.6) is 0 Å². The molecule has 1 aromatic carbocycles. The summed E-state index contributed by atoms with van der Waals surface area (Å²) in [6, 6.07) is 7.83. The molecule has 4 fully saturated rings. The summed E-state index contributed by atoms with van der Waals surface area (Å²) in [7, 11) is 1.16. The topological polar surface area (TPSA) is 198 Å². The van der Waals surface area contributed by atoms with Crippen molar-refractivity contribution in [1.82, 2.24) is 16.0 Å². The van der Waals surface area contributed by atoms with E-state index in [1.807, 2.05) is 6.07 Å². The second-order valence-electron chi connectivity index (χ2n) is 12.3. The zero-order valence-electron chi connectivity index (χ0n) is 26.3. The van der Waals surface area contributed by atoms with Gasteiger partial charge in [0.15, 0.2) is 30.1 Å². The van der Waals surface area contributed by atoms with Crippen molar-refractivity contribution in [2.45, 2.75) is 114 Å². The third-order valence-electron chi connectivity index (χ3n) is 7.88. The highest BCUT2D eigenvalue weighted by atomic mass is 16.8. The smallest absolute Gasteiger partial charge is 0.408 e. The van der Waals surface area contributed by atoms with Crippen LogP contribution in [-0.4, -0.2) is 109 Å². The maximum atomic E-state index is 13.5. The normalized spacial score (nSPS) is 32.6. The van der Waals surface area contributed by atoms with Crippen LogP contribution < -0.4 is 16.0 Å². The number of nitrogens with one attached hydrogen (secondary N) is 3. The lowest BCUT2D eigenvalue weighted by atomic mass is 10.1. The molecule has 0 spiro atoms. The van der Waals surface area contributed by atoms with Crippen molar-refractivity contribution >= 4 is 23.9 Å². The third-order valence-corrected chi connectivity index (χ3v) is 7.88. The van der Waals surface area contributed by atoms with E-state index >= 15 is 0 Å². The van der Waals surface area contributed by atoms with Crippen molar-refractivity contribution in [3.63, 3.8) is 0 Å². The van der Waals surface area contributed by atoms with E-state index in [-0.39, 0.29) is 26.1 Å². The first-order valence-electron chi connectivity index (χ1n) is 15.1. The van der Waals surface area contributed by atoms with Crippen molar-refractivity contribution < 1.29 is 62.2 Å². The van der Waals surface area contributed by atoms with E-state index < -0.39 is 90.6 Å². The maximum Gasteiger partial charge on any atom is 0.408 e. The fourth-order valence-electron chi connectivity index (χ4n) is 5.90. The Morgan fingerprint density at radius 2 is 1.48 bits per heavy atom. The first-order valence-corrected chi connectivity index (χ1v) is 15.1. The standard InChI is InChI=1S/C30H41N3O13/c1-29(2)43-19-17(13-34)41-26(22(19)45-29)33-24(36)21-20-23(46-30(3,4)44-20)25(42-21)32-18(35)12-11-16(27(37)39-5)31-28(38)40-14-15-9-7-6-8-10-15/h6-10,16-17,19-23,25-26,34H,11-14H2,1-5H3,(H,31,38)(H,32,35)(H,33,36)/t16-,17+,19+,20+,21-,22+,23+,25?,26?/m0/s1. The molecule has 4 aliphatic heterocycles. The molecule has 0 saturated carbocycles. The monoisotopic (exact) mass is 651 g/mol. The van der Waals surface area contributed by atoms with Gasteiger partial charge in [0.05, 0.1) is 13.7 Å². The third kappa shape index (κ3) is 7.76. The molecular formula is C30H41N3O13. The fraction of sp³-hybridized carbons (Fsp3) is 0.667. The maximum absolute atomic E-state index is 13.5. The highest BCUT2D eigenvalue weighted by Gasteiger charge is 2.60. The quantitative estimate of drug-likeness (QED) is 0.233. The lowest BCUT2D eigenvalue weighted by molar-refractivity contribution is -0.201. The van der Waals surface area contributed by atoms with Gasteiger partial charge in [-0.1, -0.05) is 30.3 Å². The number of benzene rings is 1. The molecule has 16 heteroatoms. The zero-order valence-corrected chi connectivity index (χ0v) is 26.3. The molecular weight excluding hydrogens is 610 g/mol. The van der Waals surface area contributed by atoms with Gasteiger partial charge in [0.1, 0.15) is 43.2 Å². The van der Waals surface area contributed by atoms with E-state index in [1.54, 1.807) is 52.0 Å². The number of alkyl carbamates (subject to hydrolysis) is 1. The number of hydrogen-bond donors (Lipinski definition) is 4. The molecule has 16 nitrogen and oxygen atoms in total. The first kappa shape index (κ1) is 34.0. The van der Waals surface area contributed by atoms with Gasteiger partial charge in [-0.25, -0.2) is 9.59 Å². The van der Waals surface area contributed by atoms with Crippen LogP contribution in [0, 0.1) is 0 Å². The number of ether oxygens (including phenoxy) is 8. The summed E-state index contributed by atoms with van der Waals surface area (Å²) in [6.07, 6.45) is -8.10. The molecule has 4 heterocycles. The molecule has 0 bridgehead atoms. The lowest BCUT2D eigenvalue weighted by Crippen LogP contribution is -2.50. The van der Waals surface area contributed by atoms with Gasteiger partial charge in [0.25, 0.3) is 5.91 Å². The van der Waals surface area contributed by atoms with Crippen LogP contribution in [0.1, 0.15) is 46.1 Å². The largest absolute Gasteiger partial charge is 0.467 e. The Bertz CT molecular complexity index is 1280. The van der Waals surface area contributed by atoms with Crippen LogP contribution in [0.2, 0.25) is 0 Å². The zero-order chi connectivity index (χ0) is 33.2. The summed E-state index contributed by atoms with van der Waals surface area (Å²) in [6.45, 7) is 6.45. The van der Waals surface area contributed by atoms with E-state index in [0.29, 0.717) is 0 Å². The molecule has 4 N–H and O–H groups in total. The summed E-state index contributed by atoms with van der Waals surface area (Å²) in [5, 5.41) is 17.6. The van der Waals surface area contributed by atoms with Crippen molar-refractivity contribution in [2.24, 2.45) is 0 Å². The van der Waals surface area contributed by atoms with Crippen molar-refractivity contribution in [3.05, 3.63) is 35.9 Å². The number of fused-ring (bicyclic) bond motifs is 2. The van der Waals surface area contributed by atoms with Gasteiger partial charge >= 0.3 is 12.1 Å². The van der Waals surface area contributed by atoms with Gasteiger partial charge < -0.3 is 59.0 Å². The molecule has 9 atom stereocenters. The number of amides is 3. The van der Waals surface area contributed by atoms with Crippen LogP contribution in [0.3, 0.4) is 0 Å². The first-order chi connectivity index (χ1) is 21.8. The Labute approximate surface area is 265 Å². The molecule has 46 heavy (non-hydrogen) atoms. The SMILES string of the molecule is COC(=O)[C@H](CCC(=O)NC1O[C@H](C(=O)NC2O[C@H](CO)[C@H]3OC(C)(C)O[C@@H]23)[C@H]2OC(C)(C)O[C@@H]12)NC(=O)OCc1ccccc1. The summed E-state index contributed by atoms with van der Waals surface area (Å²) < 4.78 is 45.4. The number of methoxy groups -OCH3 is 1. The van der Waals surface area contributed by atoms with Crippen LogP contribution in [0.25, 0.3) is 0 Å². The number of aliphatic hydroxyl groups is 1. The predicted molar refractivity (Wildman–Crippen MR) is 153 cm³/mol. The van der Waals surface area contributed by atoms with E-state index in [0.717, 1.165) is 12.7 Å². The molecule has 5 rings (SSSR count). The number of esters is 1.